The molecule has 0 atom stereocenters. The molecule has 0 spiro atoms. The molecule has 0 saturated carbocycles. The minimum absolute atomic E-state index is 0.947. The highest BCUT2D eigenvalue weighted by Gasteiger charge is 2.04. The lowest BCUT2D eigenvalue weighted by Gasteiger charge is -2.01. The summed E-state index contributed by atoms with van der Waals surface area (Å²) >= 11 is 0. The summed E-state index contributed by atoms with van der Waals surface area (Å²) in [6.45, 7) is 1.96. The fourth-order valence-electron chi connectivity index (χ4n) is 1.64. The quantitative estimate of drug-likeness (QED) is 0.532. The Labute approximate surface area is 80.2 Å². The number of para-hydroxylation sites is 2. The number of aromatic nitrogens is 4. The molecule has 0 N–H and O–H groups in total. The third kappa shape index (κ3) is 0.849. The maximum atomic E-state index is 4.48. The van der Waals surface area contributed by atoms with Gasteiger partial charge >= 0.3 is 0 Å². The van der Waals surface area contributed by atoms with Gasteiger partial charge in [0.25, 0.3) is 0 Å². The molecule has 0 aliphatic rings. The van der Waals surface area contributed by atoms with Crippen molar-refractivity contribution in [1.29, 1.82) is 0 Å². The Bertz CT molecular complexity index is 612. The molecule has 2 heterocycles. The number of benzene rings is 1. The van der Waals surface area contributed by atoms with Crippen LogP contribution >= 0.6 is 0 Å². The van der Waals surface area contributed by atoms with Crippen molar-refractivity contribution in [1.82, 2.24) is 19.8 Å². The number of fused-ring (bicyclic) bond motifs is 3. The van der Waals surface area contributed by atoms with Crippen LogP contribution in [0.2, 0.25) is 0 Å². The van der Waals surface area contributed by atoms with Crippen LogP contribution in [-0.4, -0.2) is 19.8 Å². The van der Waals surface area contributed by atoms with Gasteiger partial charge in [0.15, 0.2) is 0 Å². The SMILES string of the molecule is Cc1nc2ccccc2n2nncc12. The maximum absolute atomic E-state index is 4.48. The molecule has 0 amide bonds. The van der Waals surface area contributed by atoms with Gasteiger partial charge in [-0.15, -0.1) is 5.10 Å². The highest BCUT2D eigenvalue weighted by molar-refractivity contribution is 5.78. The van der Waals surface area contributed by atoms with E-state index in [0.29, 0.717) is 0 Å². The zero-order chi connectivity index (χ0) is 9.54. The van der Waals surface area contributed by atoms with Crippen molar-refractivity contribution >= 4 is 16.6 Å². The maximum Gasteiger partial charge on any atom is 0.108 e. The number of hydrogen-bond acceptors (Lipinski definition) is 3. The fraction of sp³-hybridized carbons (Fsp3) is 0.100. The van der Waals surface area contributed by atoms with Gasteiger partial charge in [0.05, 0.1) is 22.9 Å². The van der Waals surface area contributed by atoms with Gasteiger partial charge < -0.3 is 0 Å². The van der Waals surface area contributed by atoms with E-state index in [0.717, 1.165) is 22.2 Å². The Morgan fingerprint density at radius 2 is 2.00 bits per heavy atom. The number of rotatable bonds is 0. The van der Waals surface area contributed by atoms with Crippen LogP contribution in [0.5, 0.6) is 0 Å². The summed E-state index contributed by atoms with van der Waals surface area (Å²) in [4.78, 5) is 4.48. The lowest BCUT2D eigenvalue weighted by Crippen LogP contribution is -1.95. The van der Waals surface area contributed by atoms with E-state index in [1.54, 1.807) is 6.20 Å². The fourth-order valence-corrected chi connectivity index (χ4v) is 1.64. The van der Waals surface area contributed by atoms with Crippen LogP contribution in [0.15, 0.2) is 30.5 Å². The van der Waals surface area contributed by atoms with Crippen LogP contribution in [0.4, 0.5) is 0 Å². The van der Waals surface area contributed by atoms with Crippen molar-refractivity contribution in [2.24, 2.45) is 0 Å². The predicted molar refractivity (Wildman–Crippen MR) is 53.0 cm³/mol. The van der Waals surface area contributed by atoms with E-state index in [9.17, 15) is 0 Å². The van der Waals surface area contributed by atoms with Crippen molar-refractivity contribution in [3.05, 3.63) is 36.2 Å². The lowest BCUT2D eigenvalue weighted by molar-refractivity contribution is 0.876. The van der Waals surface area contributed by atoms with Crippen LogP contribution in [0.25, 0.3) is 16.6 Å². The summed E-state index contributed by atoms with van der Waals surface area (Å²) in [7, 11) is 0. The molecule has 0 aliphatic heterocycles. The molecule has 0 unspecified atom stereocenters. The van der Waals surface area contributed by atoms with E-state index in [2.05, 4.69) is 15.3 Å². The average Bonchev–Trinajstić information content (AvgIpc) is 2.67. The molecule has 1 aromatic carbocycles. The highest BCUT2D eigenvalue weighted by Crippen LogP contribution is 2.15. The van der Waals surface area contributed by atoms with E-state index < -0.39 is 0 Å². The summed E-state index contributed by atoms with van der Waals surface area (Å²) in [6, 6.07) is 7.91. The van der Waals surface area contributed by atoms with Gasteiger partial charge in [-0.3, -0.25) is 0 Å². The molecule has 0 radical (unpaired) electrons. The molecule has 2 aromatic heterocycles. The smallest absolute Gasteiger partial charge is 0.108 e. The average molecular weight is 184 g/mol. The van der Waals surface area contributed by atoms with Crippen LogP contribution in [0.3, 0.4) is 0 Å². The zero-order valence-electron chi connectivity index (χ0n) is 7.68. The first kappa shape index (κ1) is 7.44. The lowest BCUT2D eigenvalue weighted by atomic mass is 10.3. The van der Waals surface area contributed by atoms with Gasteiger partial charge in [-0.05, 0) is 19.1 Å². The first-order valence-corrected chi connectivity index (χ1v) is 4.42. The number of nitrogens with zero attached hydrogens (tertiary/aromatic N) is 4. The second kappa shape index (κ2) is 2.51. The van der Waals surface area contributed by atoms with Crippen LogP contribution in [0, 0.1) is 6.92 Å². The normalized spacial score (nSPS) is 11.2. The summed E-state index contributed by atoms with van der Waals surface area (Å²) in [5.41, 5.74) is 3.85. The van der Waals surface area contributed by atoms with Crippen LogP contribution in [-0.2, 0) is 0 Å². The van der Waals surface area contributed by atoms with Crippen LogP contribution < -0.4 is 0 Å². The molecule has 3 rings (SSSR count). The largest absolute Gasteiger partial charge is 0.249 e. The van der Waals surface area contributed by atoms with Gasteiger partial charge in [-0.25, -0.2) is 9.50 Å². The summed E-state index contributed by atoms with van der Waals surface area (Å²) in [5.74, 6) is 0. The van der Waals surface area contributed by atoms with Crippen molar-refractivity contribution in [2.45, 2.75) is 6.92 Å². The minimum atomic E-state index is 0.947. The first-order valence-electron chi connectivity index (χ1n) is 4.42. The Morgan fingerprint density at radius 3 is 2.93 bits per heavy atom. The second-order valence-corrected chi connectivity index (χ2v) is 3.22. The third-order valence-corrected chi connectivity index (χ3v) is 2.32. The summed E-state index contributed by atoms with van der Waals surface area (Å²) in [5, 5.41) is 7.92. The molecule has 4 nitrogen and oxygen atoms in total. The van der Waals surface area contributed by atoms with Crippen molar-refractivity contribution in [2.75, 3.05) is 0 Å². The van der Waals surface area contributed by atoms with Crippen molar-refractivity contribution < 1.29 is 0 Å². The Hall–Kier alpha value is -1.97. The van der Waals surface area contributed by atoms with E-state index in [1.165, 1.54) is 0 Å². The van der Waals surface area contributed by atoms with E-state index in [-0.39, 0.29) is 0 Å². The summed E-state index contributed by atoms with van der Waals surface area (Å²) in [6.07, 6.45) is 1.73. The molecule has 68 valence electrons. The Balaban J connectivity index is 2.66. The van der Waals surface area contributed by atoms with Crippen LogP contribution in [0.1, 0.15) is 5.69 Å². The number of aryl methyl sites for hydroxylation is 1. The molecule has 0 aliphatic carbocycles. The number of hydrogen-bond donors (Lipinski definition) is 0. The zero-order valence-corrected chi connectivity index (χ0v) is 7.68. The second-order valence-electron chi connectivity index (χ2n) is 3.22. The van der Waals surface area contributed by atoms with Gasteiger partial charge in [0.2, 0.25) is 0 Å². The predicted octanol–water partition coefficient (Wildman–Crippen LogP) is 1.59. The first-order chi connectivity index (χ1) is 6.86. The summed E-state index contributed by atoms with van der Waals surface area (Å²) < 4.78 is 1.82. The minimum Gasteiger partial charge on any atom is -0.249 e. The van der Waals surface area contributed by atoms with Gasteiger partial charge in [-0.1, -0.05) is 17.3 Å². The molecule has 0 bridgehead atoms. The molecule has 0 fully saturated rings. The van der Waals surface area contributed by atoms with Gasteiger partial charge in [-0.2, -0.15) is 0 Å². The molecule has 4 heteroatoms. The van der Waals surface area contributed by atoms with E-state index in [1.807, 2.05) is 35.7 Å². The van der Waals surface area contributed by atoms with Crippen molar-refractivity contribution in [3.63, 3.8) is 0 Å². The van der Waals surface area contributed by atoms with E-state index in [4.69, 9.17) is 0 Å². The Kier molecular flexibility index (Phi) is 1.33. The molecule has 14 heavy (non-hydrogen) atoms. The van der Waals surface area contributed by atoms with Gasteiger partial charge in [0.1, 0.15) is 5.52 Å². The molecule has 0 saturated heterocycles. The Morgan fingerprint density at radius 1 is 1.14 bits per heavy atom. The molecular weight excluding hydrogens is 176 g/mol. The standard InChI is InChI=1S/C10H8N4/c1-7-10-6-11-13-14(10)9-5-3-2-4-8(9)12-7/h2-6H,1H3. The van der Waals surface area contributed by atoms with Crippen molar-refractivity contribution in [3.8, 4) is 0 Å². The van der Waals surface area contributed by atoms with Gasteiger partial charge in [0, 0.05) is 0 Å². The topological polar surface area (TPSA) is 43.1 Å². The third-order valence-electron chi connectivity index (χ3n) is 2.32. The molecular formula is C10H8N4. The van der Waals surface area contributed by atoms with E-state index >= 15 is 0 Å². The monoisotopic (exact) mass is 184 g/mol. The highest BCUT2D eigenvalue weighted by atomic mass is 15.4. The molecule has 3 aromatic rings.